The summed E-state index contributed by atoms with van der Waals surface area (Å²) < 4.78 is 0. The third-order valence-corrected chi connectivity index (χ3v) is 4.79. The maximum absolute atomic E-state index is 12.3. The zero-order valence-corrected chi connectivity index (χ0v) is 13.1. The highest BCUT2D eigenvalue weighted by Crippen LogP contribution is 2.28. The summed E-state index contributed by atoms with van der Waals surface area (Å²) in [5, 5.41) is 10.5. The molecule has 2 aliphatic rings. The van der Waals surface area contributed by atoms with Crippen LogP contribution >= 0.6 is 0 Å². The summed E-state index contributed by atoms with van der Waals surface area (Å²) in [6.07, 6.45) is 9.07. The fourth-order valence-corrected chi connectivity index (χ4v) is 3.75. The molecule has 2 fully saturated rings. The third kappa shape index (κ3) is 4.45. The number of likely N-dealkylation sites (N-methyl/N-ethyl adjacent to an activating group) is 1. The van der Waals surface area contributed by atoms with Crippen LogP contribution in [0.15, 0.2) is 0 Å². The third-order valence-electron chi connectivity index (χ3n) is 4.79. The van der Waals surface area contributed by atoms with Crippen LogP contribution in [0.4, 0.5) is 0 Å². The number of hydrogen-bond donors (Lipinski definition) is 1. The van der Waals surface area contributed by atoms with Gasteiger partial charge in [0, 0.05) is 19.5 Å². The van der Waals surface area contributed by atoms with Crippen LogP contribution < -0.4 is 0 Å². The highest BCUT2D eigenvalue weighted by Gasteiger charge is 2.38. The number of carbonyl (C=O) groups is 1. The first-order valence-corrected chi connectivity index (χ1v) is 8.13. The first kappa shape index (κ1) is 15.8. The van der Waals surface area contributed by atoms with Crippen LogP contribution in [0, 0.1) is 5.92 Å². The summed E-state index contributed by atoms with van der Waals surface area (Å²) in [6, 6.07) is 0. The van der Waals surface area contributed by atoms with E-state index in [9.17, 15) is 9.90 Å². The van der Waals surface area contributed by atoms with E-state index in [4.69, 9.17) is 0 Å². The molecule has 4 heteroatoms. The largest absolute Gasteiger partial charge is 0.387 e. The molecular weight excluding hydrogens is 252 g/mol. The van der Waals surface area contributed by atoms with Crippen molar-refractivity contribution in [3.63, 3.8) is 0 Å². The minimum atomic E-state index is -0.704. The minimum Gasteiger partial charge on any atom is -0.387 e. The highest BCUT2D eigenvalue weighted by molar-refractivity contribution is 5.76. The lowest BCUT2D eigenvalue weighted by Gasteiger charge is -2.27. The van der Waals surface area contributed by atoms with Crippen molar-refractivity contribution >= 4 is 5.91 Å². The molecule has 4 nitrogen and oxygen atoms in total. The molecule has 116 valence electrons. The molecule has 0 bridgehead atoms. The fourth-order valence-electron chi connectivity index (χ4n) is 3.75. The quantitative estimate of drug-likeness (QED) is 0.837. The van der Waals surface area contributed by atoms with Crippen molar-refractivity contribution in [3.05, 3.63) is 0 Å². The Morgan fingerprint density at radius 2 is 2.00 bits per heavy atom. The molecule has 0 spiro atoms. The maximum atomic E-state index is 12.3. The van der Waals surface area contributed by atoms with Gasteiger partial charge in [0.1, 0.15) is 0 Å². The Hall–Kier alpha value is -0.610. The summed E-state index contributed by atoms with van der Waals surface area (Å²) in [5.41, 5.74) is -0.704. The van der Waals surface area contributed by atoms with Crippen molar-refractivity contribution in [2.45, 2.75) is 57.0 Å². The second-order valence-corrected chi connectivity index (χ2v) is 7.07. The van der Waals surface area contributed by atoms with Gasteiger partial charge in [0.25, 0.3) is 0 Å². The molecule has 1 heterocycles. The van der Waals surface area contributed by atoms with Gasteiger partial charge in [0.15, 0.2) is 0 Å². The topological polar surface area (TPSA) is 43.8 Å². The van der Waals surface area contributed by atoms with E-state index in [1.165, 1.54) is 32.1 Å². The predicted molar refractivity (Wildman–Crippen MR) is 80.5 cm³/mol. The first-order chi connectivity index (χ1) is 9.48. The number of β-amino-alcohol motifs (C(OH)–C–C–N with tert-alkyl or cyclic N) is 1. The zero-order valence-electron chi connectivity index (χ0n) is 13.1. The SMILES string of the molecule is CN(C)CC1(O)CCN(C(=O)CCC2CCCCC2)C1. The van der Waals surface area contributed by atoms with E-state index in [1.807, 2.05) is 23.9 Å². The van der Waals surface area contributed by atoms with E-state index >= 15 is 0 Å². The van der Waals surface area contributed by atoms with Gasteiger partial charge in [-0.05, 0) is 32.9 Å². The van der Waals surface area contributed by atoms with Crippen molar-refractivity contribution < 1.29 is 9.90 Å². The van der Waals surface area contributed by atoms with Crippen LogP contribution in [0.25, 0.3) is 0 Å². The number of carbonyl (C=O) groups excluding carboxylic acids is 1. The molecule has 1 unspecified atom stereocenters. The molecule has 1 aliphatic heterocycles. The summed E-state index contributed by atoms with van der Waals surface area (Å²) in [7, 11) is 3.93. The van der Waals surface area contributed by atoms with Gasteiger partial charge < -0.3 is 14.9 Å². The molecular formula is C16H30N2O2. The Labute approximate surface area is 123 Å². The molecule has 0 aromatic heterocycles. The second-order valence-electron chi connectivity index (χ2n) is 7.07. The Bertz CT molecular complexity index is 326. The van der Waals surface area contributed by atoms with Crippen molar-refractivity contribution in [2.24, 2.45) is 5.92 Å². The molecule has 1 atom stereocenters. The van der Waals surface area contributed by atoms with E-state index < -0.39 is 5.60 Å². The van der Waals surface area contributed by atoms with Crippen molar-refractivity contribution in [1.29, 1.82) is 0 Å². The van der Waals surface area contributed by atoms with Crippen LogP contribution in [0.2, 0.25) is 0 Å². The second kappa shape index (κ2) is 6.90. The van der Waals surface area contributed by atoms with E-state index in [1.54, 1.807) is 0 Å². The van der Waals surface area contributed by atoms with Gasteiger partial charge in [0.2, 0.25) is 5.91 Å². The van der Waals surface area contributed by atoms with E-state index in [0.29, 0.717) is 32.5 Å². The van der Waals surface area contributed by atoms with Crippen LogP contribution in [0.3, 0.4) is 0 Å². The van der Waals surface area contributed by atoms with Gasteiger partial charge in [-0.2, -0.15) is 0 Å². The maximum Gasteiger partial charge on any atom is 0.222 e. The lowest BCUT2D eigenvalue weighted by atomic mass is 9.86. The monoisotopic (exact) mass is 282 g/mol. The minimum absolute atomic E-state index is 0.241. The van der Waals surface area contributed by atoms with Gasteiger partial charge in [-0.1, -0.05) is 32.1 Å². The number of aliphatic hydroxyl groups is 1. The normalized spacial score (nSPS) is 28.3. The first-order valence-electron chi connectivity index (χ1n) is 8.13. The number of nitrogens with zero attached hydrogens (tertiary/aromatic N) is 2. The summed E-state index contributed by atoms with van der Waals surface area (Å²) in [6.45, 7) is 1.86. The summed E-state index contributed by atoms with van der Waals surface area (Å²) in [4.78, 5) is 16.1. The number of hydrogen-bond acceptors (Lipinski definition) is 3. The van der Waals surface area contributed by atoms with E-state index in [-0.39, 0.29) is 5.91 Å². The lowest BCUT2D eigenvalue weighted by Crippen LogP contribution is -2.43. The molecule has 1 saturated carbocycles. The molecule has 0 radical (unpaired) electrons. The molecule has 1 N–H and O–H groups in total. The Morgan fingerprint density at radius 3 is 2.65 bits per heavy atom. The smallest absolute Gasteiger partial charge is 0.222 e. The zero-order chi connectivity index (χ0) is 14.6. The van der Waals surface area contributed by atoms with Gasteiger partial charge in [-0.3, -0.25) is 4.79 Å². The Balaban J connectivity index is 1.73. The molecule has 0 aromatic carbocycles. The standard InChI is InChI=1S/C16H30N2O2/c1-17(2)12-16(20)10-11-18(13-16)15(19)9-8-14-6-4-3-5-7-14/h14,20H,3-13H2,1-2H3. The Kier molecular flexibility index (Phi) is 5.44. The molecule has 1 amide bonds. The van der Waals surface area contributed by atoms with Crippen molar-refractivity contribution in [3.8, 4) is 0 Å². The number of rotatable bonds is 5. The molecule has 2 rings (SSSR count). The summed E-state index contributed by atoms with van der Waals surface area (Å²) >= 11 is 0. The fraction of sp³-hybridized carbons (Fsp3) is 0.938. The van der Waals surface area contributed by atoms with Crippen molar-refractivity contribution in [2.75, 3.05) is 33.7 Å². The van der Waals surface area contributed by atoms with E-state index in [2.05, 4.69) is 0 Å². The predicted octanol–water partition coefficient (Wildman–Crippen LogP) is 1.87. The van der Waals surface area contributed by atoms with Gasteiger partial charge >= 0.3 is 0 Å². The van der Waals surface area contributed by atoms with Crippen molar-refractivity contribution in [1.82, 2.24) is 9.80 Å². The van der Waals surface area contributed by atoms with Gasteiger partial charge in [-0.25, -0.2) is 0 Å². The molecule has 1 saturated heterocycles. The highest BCUT2D eigenvalue weighted by atomic mass is 16.3. The summed E-state index contributed by atoms with van der Waals surface area (Å²) in [5.74, 6) is 1.00. The average Bonchev–Trinajstić information content (AvgIpc) is 2.78. The van der Waals surface area contributed by atoms with Crippen LogP contribution in [0.5, 0.6) is 0 Å². The molecule has 0 aromatic rings. The van der Waals surface area contributed by atoms with Crippen LogP contribution in [-0.4, -0.2) is 60.1 Å². The van der Waals surface area contributed by atoms with Gasteiger partial charge in [-0.15, -0.1) is 0 Å². The molecule has 20 heavy (non-hydrogen) atoms. The van der Waals surface area contributed by atoms with Crippen LogP contribution in [-0.2, 0) is 4.79 Å². The lowest BCUT2D eigenvalue weighted by molar-refractivity contribution is -0.131. The van der Waals surface area contributed by atoms with Crippen LogP contribution in [0.1, 0.15) is 51.4 Å². The van der Waals surface area contributed by atoms with E-state index in [0.717, 1.165) is 12.3 Å². The average molecular weight is 282 g/mol. The Morgan fingerprint density at radius 1 is 1.30 bits per heavy atom. The molecule has 1 aliphatic carbocycles. The number of amides is 1. The number of likely N-dealkylation sites (tertiary alicyclic amines) is 1. The van der Waals surface area contributed by atoms with Gasteiger partial charge in [0.05, 0.1) is 12.1 Å².